The Morgan fingerprint density at radius 3 is 2.65 bits per heavy atom. The van der Waals surface area contributed by atoms with Crippen LogP contribution in [-0.4, -0.2) is 49.5 Å². The Labute approximate surface area is 201 Å². The van der Waals surface area contributed by atoms with Gasteiger partial charge in [0.2, 0.25) is 10.0 Å². The molecule has 5 rings (SSSR count). The maximum Gasteiger partial charge on any atom is 0.252 e. The van der Waals surface area contributed by atoms with Gasteiger partial charge in [-0.15, -0.1) is 6.42 Å². The number of fused-ring (bicyclic) bond motifs is 2. The summed E-state index contributed by atoms with van der Waals surface area (Å²) < 4.78 is 41.5. The van der Waals surface area contributed by atoms with E-state index in [0.29, 0.717) is 48.9 Å². The standard InChI is InChI=1S/C24H23N3O5S2/c1-2-10-27-19-14-20-21(32-13-12-31-20)15-22(19)33-24(27)25-23(28)17-7-6-11-26(16-17)34(29,30)18-8-4-3-5-9-18/h1,3-5,8-9,14-15,17H,6-7,10-13,16H2. The second kappa shape index (κ2) is 9.25. The van der Waals surface area contributed by atoms with Crippen molar-refractivity contribution in [2.75, 3.05) is 26.3 Å². The van der Waals surface area contributed by atoms with Crippen molar-refractivity contribution >= 4 is 37.5 Å². The molecule has 0 radical (unpaired) electrons. The van der Waals surface area contributed by atoms with Gasteiger partial charge in [0.25, 0.3) is 5.91 Å². The molecule has 1 amide bonds. The summed E-state index contributed by atoms with van der Waals surface area (Å²) in [6, 6.07) is 12.0. The van der Waals surface area contributed by atoms with Crippen LogP contribution in [0.5, 0.6) is 11.5 Å². The lowest BCUT2D eigenvalue weighted by Gasteiger charge is -2.30. The normalized spacial score (nSPS) is 19.1. The highest BCUT2D eigenvalue weighted by Crippen LogP contribution is 2.35. The van der Waals surface area contributed by atoms with E-state index < -0.39 is 15.9 Å². The predicted molar refractivity (Wildman–Crippen MR) is 128 cm³/mol. The third kappa shape index (κ3) is 4.22. The van der Waals surface area contributed by atoms with Gasteiger partial charge >= 0.3 is 0 Å². The number of benzene rings is 2. The second-order valence-corrected chi connectivity index (χ2v) is 11.1. The van der Waals surface area contributed by atoms with Crippen LogP contribution in [0.1, 0.15) is 12.8 Å². The van der Waals surface area contributed by atoms with Crippen LogP contribution in [-0.2, 0) is 21.4 Å². The van der Waals surface area contributed by atoms with Crippen molar-refractivity contribution in [2.24, 2.45) is 10.9 Å². The SMILES string of the molecule is C#CCn1c(=NC(=O)C2CCCN(S(=O)(=O)c3ccccc3)C2)sc2cc3c(cc21)OCCO3. The van der Waals surface area contributed by atoms with Crippen LogP contribution in [0.4, 0.5) is 0 Å². The average Bonchev–Trinajstić information content (AvgIpc) is 3.19. The Hall–Kier alpha value is -3.13. The van der Waals surface area contributed by atoms with Gasteiger partial charge in [-0.3, -0.25) is 4.79 Å². The van der Waals surface area contributed by atoms with Crippen LogP contribution in [0.25, 0.3) is 10.2 Å². The number of ether oxygens (including phenoxy) is 2. The second-order valence-electron chi connectivity index (χ2n) is 8.10. The molecule has 1 fully saturated rings. The summed E-state index contributed by atoms with van der Waals surface area (Å²) in [4.78, 5) is 18.3. The monoisotopic (exact) mass is 497 g/mol. The summed E-state index contributed by atoms with van der Waals surface area (Å²) in [7, 11) is -3.67. The molecule has 2 aromatic carbocycles. The molecule has 3 aromatic rings. The zero-order chi connectivity index (χ0) is 23.7. The number of sulfonamides is 1. The van der Waals surface area contributed by atoms with Gasteiger partial charge in [-0.2, -0.15) is 9.30 Å². The van der Waals surface area contributed by atoms with Gasteiger partial charge in [0, 0.05) is 25.2 Å². The molecule has 34 heavy (non-hydrogen) atoms. The van der Waals surface area contributed by atoms with E-state index in [1.54, 1.807) is 34.9 Å². The van der Waals surface area contributed by atoms with Crippen LogP contribution in [0.15, 0.2) is 52.4 Å². The average molecular weight is 498 g/mol. The van der Waals surface area contributed by atoms with E-state index in [4.69, 9.17) is 15.9 Å². The molecule has 0 spiro atoms. The fraction of sp³-hybridized carbons (Fsp3) is 0.333. The lowest BCUT2D eigenvalue weighted by molar-refractivity contribution is -0.122. The molecule has 0 N–H and O–H groups in total. The van der Waals surface area contributed by atoms with Gasteiger partial charge in [0.05, 0.1) is 27.6 Å². The van der Waals surface area contributed by atoms with E-state index in [2.05, 4.69) is 10.9 Å². The van der Waals surface area contributed by atoms with Gasteiger partial charge in [0.1, 0.15) is 13.2 Å². The number of thiazole rings is 1. The Morgan fingerprint density at radius 1 is 1.18 bits per heavy atom. The van der Waals surface area contributed by atoms with Crippen molar-refractivity contribution < 1.29 is 22.7 Å². The summed E-state index contributed by atoms with van der Waals surface area (Å²) in [5.41, 5.74) is 0.815. The number of hydrogen-bond donors (Lipinski definition) is 0. The highest BCUT2D eigenvalue weighted by molar-refractivity contribution is 7.89. The molecule has 1 saturated heterocycles. The maximum absolute atomic E-state index is 13.2. The van der Waals surface area contributed by atoms with E-state index in [0.717, 1.165) is 10.2 Å². The number of aromatic nitrogens is 1. The van der Waals surface area contributed by atoms with Crippen molar-refractivity contribution in [1.29, 1.82) is 0 Å². The number of carbonyl (C=O) groups excluding carboxylic acids is 1. The van der Waals surface area contributed by atoms with E-state index in [1.807, 2.05) is 12.1 Å². The highest BCUT2D eigenvalue weighted by Gasteiger charge is 2.33. The van der Waals surface area contributed by atoms with E-state index >= 15 is 0 Å². The first kappa shape index (κ1) is 22.7. The number of nitrogens with zero attached hydrogens (tertiary/aromatic N) is 3. The Balaban J connectivity index is 1.46. The van der Waals surface area contributed by atoms with Gasteiger partial charge in [-0.05, 0) is 25.0 Å². The van der Waals surface area contributed by atoms with Crippen molar-refractivity contribution in [1.82, 2.24) is 8.87 Å². The fourth-order valence-electron chi connectivity index (χ4n) is 4.23. The zero-order valence-electron chi connectivity index (χ0n) is 18.3. The predicted octanol–water partition coefficient (Wildman–Crippen LogP) is 2.64. The molecule has 1 aromatic heterocycles. The molecule has 0 saturated carbocycles. The first-order chi connectivity index (χ1) is 16.5. The molecule has 2 aliphatic heterocycles. The van der Waals surface area contributed by atoms with Gasteiger partial charge in [0.15, 0.2) is 16.3 Å². The van der Waals surface area contributed by atoms with Crippen molar-refractivity contribution in [2.45, 2.75) is 24.3 Å². The van der Waals surface area contributed by atoms with E-state index in [9.17, 15) is 13.2 Å². The number of piperidine rings is 1. The number of amides is 1. The van der Waals surface area contributed by atoms with E-state index in [1.165, 1.54) is 15.6 Å². The van der Waals surface area contributed by atoms with Crippen molar-refractivity contribution in [3.8, 4) is 23.8 Å². The van der Waals surface area contributed by atoms with Gasteiger partial charge < -0.3 is 14.0 Å². The molecule has 3 heterocycles. The smallest absolute Gasteiger partial charge is 0.252 e. The third-order valence-corrected chi connectivity index (χ3v) is 8.84. The molecular weight excluding hydrogens is 474 g/mol. The summed E-state index contributed by atoms with van der Waals surface area (Å²) in [5, 5.41) is 0. The lowest BCUT2D eigenvalue weighted by atomic mass is 9.99. The van der Waals surface area contributed by atoms with Crippen LogP contribution in [0, 0.1) is 18.3 Å². The summed E-state index contributed by atoms with van der Waals surface area (Å²) in [5.74, 6) is 3.04. The molecule has 10 heteroatoms. The molecule has 2 aliphatic rings. The Morgan fingerprint density at radius 2 is 1.91 bits per heavy atom. The van der Waals surface area contributed by atoms with Crippen LogP contribution in [0.3, 0.4) is 0 Å². The number of hydrogen-bond acceptors (Lipinski definition) is 6. The minimum atomic E-state index is -3.67. The number of rotatable bonds is 4. The quantitative estimate of drug-likeness (QED) is 0.517. The molecule has 176 valence electrons. The topological polar surface area (TPSA) is 90.2 Å². The Bertz CT molecular complexity index is 1450. The summed E-state index contributed by atoms with van der Waals surface area (Å²) >= 11 is 1.34. The van der Waals surface area contributed by atoms with E-state index in [-0.39, 0.29) is 23.9 Å². The molecule has 0 bridgehead atoms. The first-order valence-corrected chi connectivity index (χ1v) is 13.2. The maximum atomic E-state index is 13.2. The summed E-state index contributed by atoms with van der Waals surface area (Å²) in [6.07, 6.45) is 6.77. The van der Waals surface area contributed by atoms with Crippen molar-refractivity contribution in [3.63, 3.8) is 0 Å². The molecule has 1 unspecified atom stereocenters. The van der Waals surface area contributed by atoms with Crippen LogP contribution >= 0.6 is 11.3 Å². The minimum Gasteiger partial charge on any atom is -0.486 e. The Kier molecular flexibility index (Phi) is 6.16. The fourth-order valence-corrected chi connectivity index (χ4v) is 6.82. The molecule has 1 atom stereocenters. The number of terminal acetylenes is 1. The lowest BCUT2D eigenvalue weighted by Crippen LogP contribution is -2.42. The minimum absolute atomic E-state index is 0.107. The summed E-state index contributed by atoms with van der Waals surface area (Å²) in [6.45, 7) is 1.68. The van der Waals surface area contributed by atoms with Crippen molar-refractivity contribution in [3.05, 3.63) is 47.3 Å². The number of carbonyl (C=O) groups is 1. The molecule has 8 nitrogen and oxygen atoms in total. The molecule has 0 aliphatic carbocycles. The van der Waals surface area contributed by atoms with Crippen LogP contribution < -0.4 is 14.3 Å². The van der Waals surface area contributed by atoms with Gasteiger partial charge in [-0.25, -0.2) is 8.42 Å². The largest absolute Gasteiger partial charge is 0.486 e. The zero-order valence-corrected chi connectivity index (χ0v) is 20.0. The molecular formula is C24H23N3O5S2. The van der Waals surface area contributed by atoms with Crippen LogP contribution in [0.2, 0.25) is 0 Å². The third-order valence-electron chi connectivity index (χ3n) is 5.92. The first-order valence-electron chi connectivity index (χ1n) is 11.0. The van der Waals surface area contributed by atoms with Gasteiger partial charge in [-0.1, -0.05) is 35.5 Å². The highest BCUT2D eigenvalue weighted by atomic mass is 32.2.